The Labute approximate surface area is 112 Å². The molecule has 2 aromatic heterocycles. The number of aromatic carboxylic acids is 1. The zero-order chi connectivity index (χ0) is 13.4. The highest BCUT2D eigenvalue weighted by atomic mass is 35.5. The van der Waals surface area contributed by atoms with Crippen LogP contribution in [0, 0.1) is 0 Å². The summed E-state index contributed by atoms with van der Waals surface area (Å²) in [4.78, 5) is 22.3. The average Bonchev–Trinajstić information content (AvgIpc) is 2.86. The van der Waals surface area contributed by atoms with E-state index in [0.717, 1.165) is 5.56 Å². The molecule has 0 aliphatic heterocycles. The van der Waals surface area contributed by atoms with Gasteiger partial charge in [-0.2, -0.15) is 0 Å². The van der Waals surface area contributed by atoms with Gasteiger partial charge in [-0.25, -0.2) is 14.8 Å². The number of aromatic nitrogens is 3. The van der Waals surface area contributed by atoms with E-state index in [1.54, 1.807) is 24.3 Å². The second kappa shape index (κ2) is 4.37. The van der Waals surface area contributed by atoms with Crippen molar-refractivity contribution in [3.8, 4) is 11.3 Å². The van der Waals surface area contributed by atoms with Crippen molar-refractivity contribution in [2.24, 2.45) is 0 Å². The molecule has 0 saturated carbocycles. The lowest BCUT2D eigenvalue weighted by molar-refractivity contribution is 0.0691. The molecule has 6 heteroatoms. The van der Waals surface area contributed by atoms with E-state index >= 15 is 0 Å². The molecule has 0 saturated heterocycles. The fraction of sp³-hybridized carbons (Fsp3) is 0. The molecule has 0 radical (unpaired) electrons. The number of carbonyl (C=O) groups is 1. The van der Waals surface area contributed by atoms with Crippen molar-refractivity contribution < 1.29 is 9.90 Å². The van der Waals surface area contributed by atoms with Crippen LogP contribution < -0.4 is 0 Å². The number of aromatic amines is 1. The number of imidazole rings is 1. The fourth-order valence-electron chi connectivity index (χ4n) is 1.86. The van der Waals surface area contributed by atoms with Gasteiger partial charge in [-0.05, 0) is 18.2 Å². The molecular weight excluding hydrogens is 266 g/mol. The predicted octanol–water partition coefficient (Wildman–Crippen LogP) is 2.98. The van der Waals surface area contributed by atoms with Crippen LogP contribution in [0.5, 0.6) is 0 Å². The van der Waals surface area contributed by atoms with E-state index in [1.807, 2.05) is 0 Å². The van der Waals surface area contributed by atoms with Gasteiger partial charge in [0.15, 0.2) is 5.69 Å². The van der Waals surface area contributed by atoms with Crippen molar-refractivity contribution in [1.29, 1.82) is 0 Å². The van der Waals surface area contributed by atoms with Crippen LogP contribution >= 0.6 is 11.6 Å². The summed E-state index contributed by atoms with van der Waals surface area (Å²) in [6.07, 6.45) is 1.51. The number of carboxylic acids is 1. The highest BCUT2D eigenvalue weighted by molar-refractivity contribution is 6.30. The molecule has 0 atom stereocenters. The van der Waals surface area contributed by atoms with E-state index in [-0.39, 0.29) is 5.69 Å². The van der Waals surface area contributed by atoms with Gasteiger partial charge in [0, 0.05) is 10.6 Å². The van der Waals surface area contributed by atoms with Gasteiger partial charge in [0.1, 0.15) is 5.52 Å². The number of H-pyrrole nitrogens is 1. The van der Waals surface area contributed by atoms with Gasteiger partial charge in [-0.1, -0.05) is 23.7 Å². The molecule has 3 aromatic rings. The molecule has 94 valence electrons. The minimum atomic E-state index is -1.08. The van der Waals surface area contributed by atoms with Gasteiger partial charge in [0.05, 0.1) is 17.5 Å². The van der Waals surface area contributed by atoms with E-state index in [2.05, 4.69) is 15.0 Å². The number of carboxylic acid groups (broad SMARTS) is 1. The summed E-state index contributed by atoms with van der Waals surface area (Å²) < 4.78 is 0. The Bertz CT molecular complexity index is 765. The Morgan fingerprint density at radius 2 is 2.00 bits per heavy atom. The van der Waals surface area contributed by atoms with Crippen LogP contribution in [0.1, 0.15) is 10.5 Å². The van der Waals surface area contributed by atoms with Crippen LogP contribution in [-0.4, -0.2) is 26.0 Å². The number of fused-ring (bicyclic) bond motifs is 1. The van der Waals surface area contributed by atoms with E-state index in [0.29, 0.717) is 21.7 Å². The predicted molar refractivity (Wildman–Crippen MR) is 71.3 cm³/mol. The van der Waals surface area contributed by atoms with Crippen molar-refractivity contribution in [2.45, 2.75) is 0 Å². The first kappa shape index (κ1) is 11.7. The Kier molecular flexibility index (Phi) is 2.68. The van der Waals surface area contributed by atoms with Gasteiger partial charge in [-0.15, -0.1) is 0 Å². The molecule has 0 aliphatic rings. The molecular formula is C13H8ClN3O2. The molecule has 0 unspecified atom stereocenters. The Morgan fingerprint density at radius 3 is 2.68 bits per heavy atom. The summed E-state index contributed by atoms with van der Waals surface area (Å²) >= 11 is 5.84. The molecule has 3 rings (SSSR count). The van der Waals surface area contributed by atoms with Crippen LogP contribution in [0.2, 0.25) is 5.02 Å². The van der Waals surface area contributed by atoms with Crippen molar-refractivity contribution in [3.63, 3.8) is 0 Å². The number of halogens is 1. The largest absolute Gasteiger partial charge is 0.477 e. The summed E-state index contributed by atoms with van der Waals surface area (Å²) in [5, 5.41) is 9.69. The molecule has 0 fully saturated rings. The minimum Gasteiger partial charge on any atom is -0.477 e. The van der Waals surface area contributed by atoms with Gasteiger partial charge in [0.25, 0.3) is 0 Å². The maximum absolute atomic E-state index is 11.1. The third-order valence-corrected chi connectivity index (χ3v) is 3.00. The molecule has 2 heterocycles. The lowest BCUT2D eigenvalue weighted by Crippen LogP contribution is -2.01. The monoisotopic (exact) mass is 273 g/mol. The van der Waals surface area contributed by atoms with Crippen LogP contribution in [0.15, 0.2) is 36.7 Å². The Morgan fingerprint density at radius 1 is 1.26 bits per heavy atom. The first-order valence-electron chi connectivity index (χ1n) is 5.48. The quantitative estimate of drug-likeness (QED) is 0.752. The summed E-state index contributed by atoms with van der Waals surface area (Å²) in [6.45, 7) is 0. The molecule has 1 aromatic carbocycles. The number of rotatable bonds is 2. The lowest BCUT2D eigenvalue weighted by Gasteiger charge is -2.04. The van der Waals surface area contributed by atoms with Crippen LogP contribution in [0.25, 0.3) is 22.3 Å². The fourth-order valence-corrected chi connectivity index (χ4v) is 1.99. The van der Waals surface area contributed by atoms with Crippen LogP contribution in [0.3, 0.4) is 0 Å². The molecule has 0 spiro atoms. The lowest BCUT2D eigenvalue weighted by atomic mass is 10.1. The van der Waals surface area contributed by atoms with Crippen molar-refractivity contribution in [3.05, 3.63) is 47.4 Å². The smallest absolute Gasteiger partial charge is 0.354 e. The number of hydrogen-bond donors (Lipinski definition) is 2. The third kappa shape index (κ3) is 2.04. The van der Waals surface area contributed by atoms with Gasteiger partial charge in [-0.3, -0.25) is 0 Å². The normalized spacial score (nSPS) is 10.8. The second-order valence-electron chi connectivity index (χ2n) is 3.97. The molecule has 0 amide bonds. The molecule has 5 nitrogen and oxygen atoms in total. The maximum Gasteiger partial charge on any atom is 0.354 e. The Hall–Kier alpha value is -2.40. The van der Waals surface area contributed by atoms with Crippen LogP contribution in [0.4, 0.5) is 0 Å². The molecule has 0 bridgehead atoms. The number of benzene rings is 1. The maximum atomic E-state index is 11.1. The molecule has 19 heavy (non-hydrogen) atoms. The van der Waals surface area contributed by atoms with Crippen molar-refractivity contribution in [2.75, 3.05) is 0 Å². The van der Waals surface area contributed by atoms with Crippen molar-refractivity contribution >= 4 is 28.6 Å². The number of hydrogen-bond acceptors (Lipinski definition) is 3. The van der Waals surface area contributed by atoms with Gasteiger partial charge < -0.3 is 10.1 Å². The highest BCUT2D eigenvalue weighted by Crippen LogP contribution is 2.26. The third-order valence-electron chi connectivity index (χ3n) is 2.74. The number of nitrogens with one attached hydrogen (secondary N) is 1. The average molecular weight is 274 g/mol. The minimum absolute atomic E-state index is 0.0262. The topological polar surface area (TPSA) is 78.9 Å². The summed E-state index contributed by atoms with van der Waals surface area (Å²) in [5.74, 6) is -1.08. The van der Waals surface area contributed by atoms with E-state index in [1.165, 1.54) is 12.4 Å². The summed E-state index contributed by atoms with van der Waals surface area (Å²) in [6, 6.07) is 8.48. The van der Waals surface area contributed by atoms with Gasteiger partial charge >= 0.3 is 5.97 Å². The standard InChI is InChI=1S/C13H8ClN3O2/c14-8-3-1-7(2-4-8)11-12-9(15-6-16-12)5-10(17-11)13(18)19/h1-6H,(H,15,16)(H,18,19). The van der Waals surface area contributed by atoms with Crippen LogP contribution in [-0.2, 0) is 0 Å². The first-order valence-corrected chi connectivity index (χ1v) is 5.86. The van der Waals surface area contributed by atoms with Gasteiger partial charge in [0.2, 0.25) is 0 Å². The number of pyridine rings is 1. The SMILES string of the molecule is O=C(O)c1cc2[nH]cnc2c(-c2ccc(Cl)cc2)n1. The zero-order valence-corrected chi connectivity index (χ0v) is 10.3. The molecule has 0 aliphatic carbocycles. The Balaban J connectivity index is 2.29. The van der Waals surface area contributed by atoms with E-state index in [4.69, 9.17) is 16.7 Å². The highest BCUT2D eigenvalue weighted by Gasteiger charge is 2.14. The second-order valence-corrected chi connectivity index (χ2v) is 4.40. The van der Waals surface area contributed by atoms with Crippen molar-refractivity contribution in [1.82, 2.24) is 15.0 Å². The zero-order valence-electron chi connectivity index (χ0n) is 9.59. The summed E-state index contributed by atoms with van der Waals surface area (Å²) in [5.41, 5.74) is 2.53. The summed E-state index contributed by atoms with van der Waals surface area (Å²) in [7, 11) is 0. The van der Waals surface area contributed by atoms with E-state index in [9.17, 15) is 4.79 Å². The van der Waals surface area contributed by atoms with E-state index < -0.39 is 5.97 Å². The number of nitrogens with zero attached hydrogens (tertiary/aromatic N) is 2. The first-order chi connectivity index (χ1) is 9.15. The molecule has 2 N–H and O–H groups in total.